The monoisotopic (exact) mass is 218 g/mol. The fourth-order valence-electron chi connectivity index (χ4n) is 1.05. The van der Waals surface area contributed by atoms with Crippen molar-refractivity contribution in [3.05, 3.63) is 35.4 Å². The van der Waals surface area contributed by atoms with E-state index < -0.39 is 17.7 Å². The Kier molecular flexibility index (Phi) is 3.34. The number of alkyl halides is 3. The van der Waals surface area contributed by atoms with Crippen LogP contribution >= 0.6 is 0 Å². The van der Waals surface area contributed by atoms with Crippen molar-refractivity contribution in [2.45, 2.75) is 12.6 Å². The molecule has 1 rings (SSSR count). The summed E-state index contributed by atoms with van der Waals surface area (Å²) in [6.07, 6.45) is -4.36. The number of hydrogen-bond donors (Lipinski definition) is 0. The molecule has 0 heterocycles. The zero-order valence-corrected chi connectivity index (χ0v) is 7.97. The zero-order chi connectivity index (χ0) is 11.5. The Bertz CT molecular complexity index is 341. The van der Waals surface area contributed by atoms with Gasteiger partial charge in [0.2, 0.25) is 0 Å². The van der Waals surface area contributed by atoms with Gasteiger partial charge in [0.1, 0.15) is 0 Å². The quantitative estimate of drug-likeness (QED) is 0.712. The van der Waals surface area contributed by atoms with Crippen LogP contribution in [0.2, 0.25) is 0 Å². The van der Waals surface area contributed by atoms with Crippen molar-refractivity contribution in [2.75, 3.05) is 7.11 Å². The van der Waals surface area contributed by atoms with Crippen LogP contribution in [-0.4, -0.2) is 13.1 Å². The largest absolute Gasteiger partial charge is 0.469 e. The summed E-state index contributed by atoms with van der Waals surface area (Å²) in [5.74, 6) is -0.477. The predicted octanol–water partition coefficient (Wildman–Crippen LogP) is 2.42. The maximum Gasteiger partial charge on any atom is 0.416 e. The molecule has 0 bridgehead atoms. The highest BCUT2D eigenvalue weighted by Gasteiger charge is 2.29. The second-order valence-corrected chi connectivity index (χ2v) is 2.95. The molecule has 0 fully saturated rings. The molecule has 0 N–H and O–H groups in total. The average Bonchev–Trinajstić information content (AvgIpc) is 2.17. The summed E-state index contributed by atoms with van der Waals surface area (Å²) >= 11 is 0. The minimum atomic E-state index is -4.34. The molecule has 2 nitrogen and oxygen atoms in total. The summed E-state index contributed by atoms with van der Waals surface area (Å²) in [5.41, 5.74) is -0.231. The van der Waals surface area contributed by atoms with E-state index in [0.29, 0.717) is 5.56 Å². The van der Waals surface area contributed by atoms with E-state index in [1.54, 1.807) is 0 Å². The fraction of sp³-hybridized carbons (Fsp3) is 0.300. The summed E-state index contributed by atoms with van der Waals surface area (Å²) < 4.78 is 40.9. The Morgan fingerprint density at radius 2 is 1.80 bits per heavy atom. The Hall–Kier alpha value is -1.52. The van der Waals surface area contributed by atoms with Crippen LogP contribution in [0, 0.1) is 0 Å². The van der Waals surface area contributed by atoms with Crippen LogP contribution in [0.25, 0.3) is 0 Å². The number of benzene rings is 1. The molecule has 0 atom stereocenters. The van der Waals surface area contributed by atoms with Crippen molar-refractivity contribution < 1.29 is 22.7 Å². The summed E-state index contributed by atoms with van der Waals surface area (Å²) in [7, 11) is 1.23. The molecule has 0 aliphatic rings. The van der Waals surface area contributed by atoms with Crippen LogP contribution in [0.4, 0.5) is 13.2 Å². The highest BCUT2D eigenvalue weighted by Crippen LogP contribution is 2.29. The minimum absolute atomic E-state index is 0.0192. The van der Waals surface area contributed by atoms with Gasteiger partial charge in [-0.15, -0.1) is 0 Å². The number of rotatable bonds is 2. The van der Waals surface area contributed by atoms with E-state index in [9.17, 15) is 18.0 Å². The van der Waals surface area contributed by atoms with Gasteiger partial charge < -0.3 is 4.74 Å². The lowest BCUT2D eigenvalue weighted by molar-refractivity contribution is -0.139. The van der Waals surface area contributed by atoms with Crippen LogP contribution in [-0.2, 0) is 22.1 Å². The molecule has 0 radical (unpaired) electrons. The Balaban J connectivity index is 2.77. The Labute approximate surface area is 84.7 Å². The van der Waals surface area contributed by atoms with E-state index in [2.05, 4.69) is 4.74 Å². The maximum atomic E-state index is 12.2. The average molecular weight is 218 g/mol. The van der Waals surface area contributed by atoms with Crippen LogP contribution in [0.1, 0.15) is 11.1 Å². The van der Waals surface area contributed by atoms with Crippen molar-refractivity contribution in [3.8, 4) is 0 Å². The van der Waals surface area contributed by atoms with Gasteiger partial charge in [-0.1, -0.05) is 12.1 Å². The molecule has 0 spiro atoms. The second-order valence-electron chi connectivity index (χ2n) is 2.95. The third-order valence-electron chi connectivity index (χ3n) is 1.86. The number of carbonyl (C=O) groups is 1. The Morgan fingerprint density at radius 1 is 1.27 bits per heavy atom. The molecular weight excluding hydrogens is 209 g/mol. The first-order chi connectivity index (χ1) is 6.93. The highest BCUT2D eigenvalue weighted by molar-refractivity contribution is 5.72. The van der Waals surface area contributed by atoms with Gasteiger partial charge in [-0.2, -0.15) is 13.2 Å². The van der Waals surface area contributed by atoms with Crippen LogP contribution < -0.4 is 0 Å². The van der Waals surface area contributed by atoms with Gasteiger partial charge in [0, 0.05) is 0 Å². The molecule has 0 aliphatic heterocycles. The minimum Gasteiger partial charge on any atom is -0.469 e. The third kappa shape index (κ3) is 3.27. The summed E-state index contributed by atoms with van der Waals surface area (Å²) in [6.45, 7) is 0. The summed E-state index contributed by atoms with van der Waals surface area (Å²) in [6, 6.07) is 4.41. The van der Waals surface area contributed by atoms with Crippen LogP contribution in [0.15, 0.2) is 24.3 Å². The number of carbonyl (C=O) groups excluding carboxylic acids is 1. The standard InChI is InChI=1S/C10H9F3O2/c1-15-9(14)6-7-2-4-8(5-3-7)10(11,12)13/h2-5H,6H2,1H3. The molecule has 5 heteroatoms. The molecule has 0 aromatic heterocycles. The highest BCUT2D eigenvalue weighted by atomic mass is 19.4. The molecule has 0 unspecified atom stereocenters. The lowest BCUT2D eigenvalue weighted by Crippen LogP contribution is -2.07. The SMILES string of the molecule is COC(=O)Cc1ccc(C(F)(F)F)cc1. The fourth-order valence-corrected chi connectivity index (χ4v) is 1.05. The van der Waals surface area contributed by atoms with Gasteiger partial charge in [0.05, 0.1) is 19.1 Å². The molecule has 0 saturated carbocycles. The number of methoxy groups -OCH3 is 1. The van der Waals surface area contributed by atoms with Crippen LogP contribution in [0.3, 0.4) is 0 Å². The maximum absolute atomic E-state index is 12.2. The number of ether oxygens (including phenoxy) is 1. The Morgan fingerprint density at radius 3 is 2.20 bits per heavy atom. The second kappa shape index (κ2) is 4.33. The predicted molar refractivity (Wildman–Crippen MR) is 47.2 cm³/mol. The number of hydrogen-bond acceptors (Lipinski definition) is 2. The third-order valence-corrected chi connectivity index (χ3v) is 1.86. The van der Waals surface area contributed by atoms with Gasteiger partial charge in [-0.25, -0.2) is 0 Å². The molecular formula is C10H9F3O2. The molecule has 1 aromatic rings. The summed E-state index contributed by atoms with van der Waals surface area (Å²) in [4.78, 5) is 10.8. The molecule has 15 heavy (non-hydrogen) atoms. The first-order valence-corrected chi connectivity index (χ1v) is 4.16. The number of esters is 1. The molecule has 82 valence electrons. The lowest BCUT2D eigenvalue weighted by Gasteiger charge is -2.06. The van der Waals surface area contributed by atoms with E-state index in [1.807, 2.05) is 0 Å². The van der Waals surface area contributed by atoms with Gasteiger partial charge in [-0.05, 0) is 17.7 Å². The molecule has 0 aliphatic carbocycles. The topological polar surface area (TPSA) is 26.3 Å². The normalized spacial score (nSPS) is 11.2. The first-order valence-electron chi connectivity index (χ1n) is 4.16. The molecule has 0 amide bonds. The van der Waals surface area contributed by atoms with E-state index in [0.717, 1.165) is 12.1 Å². The number of halogens is 3. The smallest absolute Gasteiger partial charge is 0.416 e. The van der Waals surface area contributed by atoms with Crippen molar-refractivity contribution in [1.82, 2.24) is 0 Å². The van der Waals surface area contributed by atoms with E-state index in [1.165, 1.54) is 19.2 Å². The van der Waals surface area contributed by atoms with Gasteiger partial charge in [0.15, 0.2) is 0 Å². The zero-order valence-electron chi connectivity index (χ0n) is 7.97. The molecule has 1 aromatic carbocycles. The van der Waals surface area contributed by atoms with E-state index >= 15 is 0 Å². The van der Waals surface area contributed by atoms with Gasteiger partial charge in [-0.3, -0.25) is 4.79 Å². The molecule has 0 saturated heterocycles. The van der Waals surface area contributed by atoms with Crippen molar-refractivity contribution in [1.29, 1.82) is 0 Å². The van der Waals surface area contributed by atoms with Gasteiger partial charge >= 0.3 is 12.1 Å². The van der Waals surface area contributed by atoms with E-state index in [4.69, 9.17) is 0 Å². The van der Waals surface area contributed by atoms with Crippen molar-refractivity contribution >= 4 is 5.97 Å². The lowest BCUT2D eigenvalue weighted by atomic mass is 10.1. The van der Waals surface area contributed by atoms with E-state index in [-0.39, 0.29) is 6.42 Å². The van der Waals surface area contributed by atoms with Crippen molar-refractivity contribution in [2.24, 2.45) is 0 Å². The van der Waals surface area contributed by atoms with Gasteiger partial charge in [0.25, 0.3) is 0 Å². The first kappa shape index (κ1) is 11.6. The van der Waals surface area contributed by atoms with Crippen molar-refractivity contribution in [3.63, 3.8) is 0 Å². The summed E-state index contributed by atoms with van der Waals surface area (Å²) in [5, 5.41) is 0. The van der Waals surface area contributed by atoms with Crippen LogP contribution in [0.5, 0.6) is 0 Å².